The fraction of sp³-hybridized carbons (Fsp3) is 1.00. The molecular weight excluding hydrogens is 340 g/mol. The topological polar surface area (TPSA) is 40.2 Å². The highest BCUT2D eigenvalue weighted by atomic mass is 32.2. The van der Waals surface area contributed by atoms with Crippen molar-refractivity contribution in [1.82, 2.24) is 0 Å². The first-order valence-electron chi connectivity index (χ1n) is 9.87. The summed E-state index contributed by atoms with van der Waals surface area (Å²) in [7, 11) is -2.51. The Hall–Kier alpha value is 0.407. The molecule has 0 aromatic carbocycles. The van der Waals surface area contributed by atoms with Gasteiger partial charge in [0.2, 0.25) is 0 Å². The minimum atomic E-state index is -2.51. The Morgan fingerprint density at radius 3 is 1.79 bits per heavy atom. The largest absolute Gasteiger partial charge is 0.500 e. The zero-order valence-corrected chi connectivity index (χ0v) is 17.8. The summed E-state index contributed by atoms with van der Waals surface area (Å²) >= 11 is 1.98. The summed E-state index contributed by atoms with van der Waals surface area (Å²) in [4.78, 5) is 0. The average molecular weight is 379 g/mol. The summed E-state index contributed by atoms with van der Waals surface area (Å²) in [6.07, 6.45) is 8.29. The average Bonchev–Trinajstić information content (AvgIpc) is 3.39. The van der Waals surface area contributed by atoms with Crippen LogP contribution in [0, 0.1) is 0 Å². The number of ether oxygens (including phenoxy) is 1. The van der Waals surface area contributed by atoms with Crippen molar-refractivity contribution in [2.75, 3.05) is 37.9 Å². The first-order valence-corrected chi connectivity index (χ1v) is 13.0. The number of unbranched alkanes of at least 4 members (excludes halogenated alkanes) is 3. The molecule has 1 fully saturated rings. The maximum Gasteiger partial charge on any atom is 0.500 e. The molecule has 0 N–H and O–H groups in total. The second-order valence-electron chi connectivity index (χ2n) is 6.42. The highest BCUT2D eigenvalue weighted by Gasteiger charge is 2.40. The number of thioether (sulfide) groups is 1. The predicted octanol–water partition coefficient (Wildman–Crippen LogP) is 4.90. The lowest BCUT2D eigenvalue weighted by Gasteiger charge is -2.30. The van der Waals surface area contributed by atoms with Crippen molar-refractivity contribution in [2.45, 2.75) is 77.9 Å². The zero-order chi connectivity index (χ0) is 17.5. The Bertz CT molecular complexity index is 264. The van der Waals surface area contributed by atoms with Crippen LogP contribution < -0.4 is 0 Å². The number of rotatable bonds is 18. The van der Waals surface area contributed by atoms with E-state index in [1.807, 2.05) is 11.8 Å². The molecule has 1 aliphatic rings. The molecule has 4 nitrogen and oxygen atoms in total. The first kappa shape index (κ1) is 22.4. The molecule has 1 heterocycles. The summed E-state index contributed by atoms with van der Waals surface area (Å²) in [6, 6.07) is 0.947. The van der Waals surface area contributed by atoms with Crippen LogP contribution in [-0.2, 0) is 18.0 Å². The molecule has 24 heavy (non-hydrogen) atoms. The standard InChI is InChI=1S/C18H38O4SSi/c1-4-7-11-20-24(21-12-8-5-2,22-13-9-6-3)15-10-14-23-17-18-16-19-18/h18H,4-17H2,1-3H3. The molecule has 1 saturated heterocycles. The van der Waals surface area contributed by atoms with Gasteiger partial charge in [-0.3, -0.25) is 0 Å². The highest BCUT2D eigenvalue weighted by molar-refractivity contribution is 7.99. The van der Waals surface area contributed by atoms with E-state index >= 15 is 0 Å². The fourth-order valence-electron chi connectivity index (χ4n) is 2.23. The summed E-state index contributed by atoms with van der Waals surface area (Å²) in [5.74, 6) is 2.26. The van der Waals surface area contributed by atoms with Crippen LogP contribution in [0.4, 0.5) is 0 Å². The van der Waals surface area contributed by atoms with Gasteiger partial charge < -0.3 is 18.0 Å². The Morgan fingerprint density at radius 1 is 0.875 bits per heavy atom. The van der Waals surface area contributed by atoms with Gasteiger partial charge in [0.1, 0.15) is 0 Å². The smallest absolute Gasteiger partial charge is 0.373 e. The Kier molecular flexibility index (Phi) is 13.6. The van der Waals surface area contributed by atoms with E-state index in [9.17, 15) is 0 Å². The molecule has 1 atom stereocenters. The van der Waals surface area contributed by atoms with Gasteiger partial charge in [-0.15, -0.1) is 0 Å². The van der Waals surface area contributed by atoms with E-state index in [-0.39, 0.29) is 0 Å². The fourth-order valence-corrected chi connectivity index (χ4v) is 6.11. The van der Waals surface area contributed by atoms with Crippen molar-refractivity contribution in [3.8, 4) is 0 Å². The summed E-state index contributed by atoms with van der Waals surface area (Å²) in [5.41, 5.74) is 0. The number of hydrogen-bond acceptors (Lipinski definition) is 5. The van der Waals surface area contributed by atoms with Gasteiger partial charge in [0, 0.05) is 31.6 Å². The highest BCUT2D eigenvalue weighted by Crippen LogP contribution is 2.23. The molecule has 1 unspecified atom stereocenters. The molecule has 0 bridgehead atoms. The van der Waals surface area contributed by atoms with Crippen molar-refractivity contribution in [3.05, 3.63) is 0 Å². The van der Waals surface area contributed by atoms with Gasteiger partial charge in [-0.1, -0.05) is 40.0 Å². The third-order valence-electron chi connectivity index (χ3n) is 3.94. The third kappa shape index (κ3) is 11.1. The van der Waals surface area contributed by atoms with Gasteiger partial charge in [0.15, 0.2) is 0 Å². The quantitative estimate of drug-likeness (QED) is 0.193. The second kappa shape index (κ2) is 14.6. The van der Waals surface area contributed by atoms with Crippen molar-refractivity contribution < 1.29 is 18.0 Å². The zero-order valence-electron chi connectivity index (χ0n) is 16.0. The molecule has 0 aliphatic carbocycles. The molecule has 1 rings (SSSR count). The minimum Gasteiger partial charge on any atom is -0.373 e. The van der Waals surface area contributed by atoms with E-state index in [0.29, 0.717) is 6.10 Å². The molecule has 0 saturated carbocycles. The van der Waals surface area contributed by atoms with Gasteiger partial charge in [-0.05, 0) is 31.4 Å². The van der Waals surface area contributed by atoms with Crippen LogP contribution in [0.3, 0.4) is 0 Å². The maximum absolute atomic E-state index is 6.26. The third-order valence-corrected chi connectivity index (χ3v) is 8.02. The van der Waals surface area contributed by atoms with Crippen LogP contribution in [0.2, 0.25) is 6.04 Å². The van der Waals surface area contributed by atoms with Gasteiger partial charge in [0.25, 0.3) is 0 Å². The Balaban J connectivity index is 2.43. The second-order valence-corrected chi connectivity index (χ2v) is 10.3. The van der Waals surface area contributed by atoms with Crippen LogP contribution in [0.5, 0.6) is 0 Å². The number of epoxide rings is 1. The van der Waals surface area contributed by atoms with Crippen molar-refractivity contribution in [2.24, 2.45) is 0 Å². The minimum absolute atomic E-state index is 0.513. The first-order chi connectivity index (χ1) is 11.8. The van der Waals surface area contributed by atoms with E-state index in [4.69, 9.17) is 18.0 Å². The molecule has 144 valence electrons. The van der Waals surface area contributed by atoms with Crippen LogP contribution in [0.1, 0.15) is 65.7 Å². The summed E-state index contributed by atoms with van der Waals surface area (Å²) < 4.78 is 24.1. The molecule has 1 aliphatic heterocycles. The molecule has 0 radical (unpaired) electrons. The van der Waals surface area contributed by atoms with Gasteiger partial charge >= 0.3 is 8.80 Å². The lowest BCUT2D eigenvalue weighted by atomic mass is 10.4. The monoisotopic (exact) mass is 378 g/mol. The maximum atomic E-state index is 6.26. The summed E-state index contributed by atoms with van der Waals surface area (Å²) in [6.45, 7) is 9.83. The normalized spacial score (nSPS) is 17.4. The molecule has 0 spiro atoms. The van der Waals surface area contributed by atoms with Crippen LogP contribution in [-0.4, -0.2) is 52.8 Å². The summed E-state index contributed by atoms with van der Waals surface area (Å²) in [5, 5.41) is 0. The predicted molar refractivity (Wildman–Crippen MR) is 105 cm³/mol. The lowest BCUT2D eigenvalue weighted by molar-refractivity contribution is 0.0562. The molecule has 0 aromatic heterocycles. The molecule has 0 amide bonds. The van der Waals surface area contributed by atoms with Gasteiger partial charge in [-0.25, -0.2) is 0 Å². The van der Waals surface area contributed by atoms with Crippen molar-refractivity contribution >= 4 is 20.6 Å². The SMILES string of the molecule is CCCCO[Si](CCCSCC1CO1)(OCCCC)OCCCC. The van der Waals surface area contributed by atoms with E-state index in [0.717, 1.165) is 88.9 Å². The van der Waals surface area contributed by atoms with Gasteiger partial charge in [-0.2, -0.15) is 11.8 Å². The van der Waals surface area contributed by atoms with Crippen molar-refractivity contribution in [1.29, 1.82) is 0 Å². The van der Waals surface area contributed by atoms with E-state index in [1.165, 1.54) is 0 Å². The van der Waals surface area contributed by atoms with E-state index in [1.54, 1.807) is 0 Å². The molecule has 0 aromatic rings. The number of hydrogen-bond donors (Lipinski definition) is 0. The van der Waals surface area contributed by atoms with Gasteiger partial charge in [0.05, 0.1) is 12.7 Å². The lowest BCUT2D eigenvalue weighted by Crippen LogP contribution is -2.46. The van der Waals surface area contributed by atoms with Crippen LogP contribution >= 0.6 is 11.8 Å². The van der Waals surface area contributed by atoms with Crippen LogP contribution in [0.25, 0.3) is 0 Å². The van der Waals surface area contributed by atoms with Crippen LogP contribution in [0.15, 0.2) is 0 Å². The molecule has 6 heteroatoms. The van der Waals surface area contributed by atoms with E-state index in [2.05, 4.69) is 20.8 Å². The molecular formula is C18H38O4SSi. The van der Waals surface area contributed by atoms with E-state index < -0.39 is 8.80 Å². The Labute approximate surface area is 154 Å². The Morgan fingerprint density at radius 2 is 1.38 bits per heavy atom. The van der Waals surface area contributed by atoms with Crippen molar-refractivity contribution in [3.63, 3.8) is 0 Å².